The Balaban J connectivity index is 2.01. The van der Waals surface area contributed by atoms with Crippen molar-refractivity contribution in [3.63, 3.8) is 0 Å². The minimum absolute atomic E-state index is 0.0702. The number of rotatable bonds is 5. The largest absolute Gasteiger partial charge is 0.489 e. The molecule has 0 bridgehead atoms. The molecule has 0 unspecified atom stereocenters. The first-order valence-electron chi connectivity index (χ1n) is 6.12. The molecule has 1 aromatic carbocycles. The molecule has 0 saturated heterocycles. The van der Waals surface area contributed by atoms with Gasteiger partial charge in [-0.1, -0.05) is 17.3 Å². The van der Waals surface area contributed by atoms with Gasteiger partial charge in [0.15, 0.2) is 0 Å². The molecule has 2 rings (SSSR count). The van der Waals surface area contributed by atoms with Crippen molar-refractivity contribution in [2.24, 2.45) is 5.73 Å². The maximum Gasteiger partial charge on any atom is 0.140 e. The van der Waals surface area contributed by atoms with E-state index in [9.17, 15) is 0 Å². The summed E-state index contributed by atoms with van der Waals surface area (Å²) in [4.78, 5) is 0. The van der Waals surface area contributed by atoms with Crippen LogP contribution in [0.2, 0.25) is 0 Å². The zero-order valence-corrected chi connectivity index (χ0v) is 11.1. The van der Waals surface area contributed by atoms with E-state index in [1.807, 2.05) is 38.1 Å². The van der Waals surface area contributed by atoms with Crippen LogP contribution in [0.5, 0.6) is 5.75 Å². The molecule has 0 fully saturated rings. The van der Waals surface area contributed by atoms with E-state index < -0.39 is 0 Å². The first kappa shape index (κ1) is 13.6. The second-order valence-electron chi connectivity index (χ2n) is 4.45. The van der Waals surface area contributed by atoms with Crippen molar-refractivity contribution in [2.75, 3.05) is 6.61 Å². The van der Waals surface area contributed by atoms with Gasteiger partial charge < -0.3 is 20.1 Å². The summed E-state index contributed by atoms with van der Waals surface area (Å²) in [5, 5.41) is 12.9. The van der Waals surface area contributed by atoms with Gasteiger partial charge in [-0.25, -0.2) is 0 Å². The number of nitrogens with two attached hydrogens (primary N) is 1. The minimum atomic E-state index is -0.350. The smallest absolute Gasteiger partial charge is 0.140 e. The Morgan fingerprint density at radius 2 is 2.00 bits per heavy atom. The number of hydrogen-bond acceptors (Lipinski definition) is 5. The summed E-state index contributed by atoms with van der Waals surface area (Å²) in [7, 11) is 0. The Kier molecular flexibility index (Phi) is 4.19. The monoisotopic (exact) mass is 262 g/mol. The van der Waals surface area contributed by atoms with Crippen molar-refractivity contribution in [3.05, 3.63) is 46.8 Å². The van der Waals surface area contributed by atoms with Crippen LogP contribution in [0.3, 0.4) is 0 Å². The van der Waals surface area contributed by atoms with Gasteiger partial charge in [-0.05, 0) is 31.5 Å². The van der Waals surface area contributed by atoms with Gasteiger partial charge in [0.25, 0.3) is 0 Å². The van der Waals surface area contributed by atoms with Crippen molar-refractivity contribution in [1.82, 2.24) is 5.16 Å². The molecule has 0 aliphatic heterocycles. The molecule has 5 nitrogen and oxygen atoms in total. The lowest BCUT2D eigenvalue weighted by Crippen LogP contribution is -2.14. The standard InChI is InChI=1S/C14H18N2O3/c1-9-13(10(2)19-16-9)8-18-12-5-3-11(4-6-12)14(15)7-17/h3-6,14,17H,7-8,15H2,1-2H3/t14-/m0/s1. The minimum Gasteiger partial charge on any atom is -0.489 e. The molecular weight excluding hydrogens is 244 g/mol. The molecule has 102 valence electrons. The molecule has 5 heteroatoms. The summed E-state index contributed by atoms with van der Waals surface area (Å²) in [6.45, 7) is 4.10. The van der Waals surface area contributed by atoms with Crippen LogP contribution in [0.25, 0.3) is 0 Å². The third-order valence-corrected chi connectivity index (χ3v) is 3.07. The number of aliphatic hydroxyl groups is 1. The molecule has 0 spiro atoms. The van der Waals surface area contributed by atoms with Gasteiger partial charge in [0.1, 0.15) is 18.1 Å². The summed E-state index contributed by atoms with van der Waals surface area (Å²) in [5.41, 5.74) is 8.42. The quantitative estimate of drug-likeness (QED) is 0.859. The molecule has 1 aromatic heterocycles. The van der Waals surface area contributed by atoms with Crippen LogP contribution in [0.1, 0.15) is 28.6 Å². The molecule has 2 aromatic rings. The van der Waals surface area contributed by atoms with Crippen molar-refractivity contribution in [1.29, 1.82) is 0 Å². The average molecular weight is 262 g/mol. The van der Waals surface area contributed by atoms with E-state index in [2.05, 4.69) is 5.16 Å². The fourth-order valence-electron chi connectivity index (χ4n) is 1.78. The molecular formula is C14H18N2O3. The number of aromatic nitrogens is 1. The molecule has 0 amide bonds. The lowest BCUT2D eigenvalue weighted by atomic mass is 10.1. The Morgan fingerprint density at radius 1 is 1.32 bits per heavy atom. The Labute approximate surface area is 112 Å². The zero-order valence-electron chi connectivity index (χ0n) is 11.1. The zero-order chi connectivity index (χ0) is 13.8. The predicted molar refractivity (Wildman–Crippen MR) is 70.8 cm³/mol. The third kappa shape index (κ3) is 3.13. The van der Waals surface area contributed by atoms with E-state index in [0.29, 0.717) is 6.61 Å². The second-order valence-corrected chi connectivity index (χ2v) is 4.45. The fourth-order valence-corrected chi connectivity index (χ4v) is 1.78. The van der Waals surface area contributed by atoms with Gasteiger partial charge >= 0.3 is 0 Å². The fraction of sp³-hybridized carbons (Fsp3) is 0.357. The highest BCUT2D eigenvalue weighted by Gasteiger charge is 2.10. The van der Waals surface area contributed by atoms with Gasteiger partial charge in [-0.3, -0.25) is 0 Å². The molecule has 1 heterocycles. The molecule has 0 saturated carbocycles. The molecule has 0 aliphatic carbocycles. The van der Waals surface area contributed by atoms with Crippen molar-refractivity contribution in [2.45, 2.75) is 26.5 Å². The topological polar surface area (TPSA) is 81.5 Å². The Hall–Kier alpha value is -1.85. The van der Waals surface area contributed by atoms with E-state index >= 15 is 0 Å². The van der Waals surface area contributed by atoms with Crippen LogP contribution in [-0.2, 0) is 6.61 Å². The van der Waals surface area contributed by atoms with E-state index in [4.69, 9.17) is 20.1 Å². The van der Waals surface area contributed by atoms with Crippen molar-refractivity contribution >= 4 is 0 Å². The van der Waals surface area contributed by atoms with Gasteiger partial charge in [-0.15, -0.1) is 0 Å². The van der Waals surface area contributed by atoms with Crippen LogP contribution in [0, 0.1) is 13.8 Å². The van der Waals surface area contributed by atoms with E-state index in [-0.39, 0.29) is 12.6 Å². The van der Waals surface area contributed by atoms with Crippen LogP contribution in [0.15, 0.2) is 28.8 Å². The van der Waals surface area contributed by atoms with Crippen LogP contribution >= 0.6 is 0 Å². The first-order chi connectivity index (χ1) is 9.11. The Morgan fingerprint density at radius 3 is 2.53 bits per heavy atom. The summed E-state index contributed by atoms with van der Waals surface area (Å²) in [5.74, 6) is 1.52. The van der Waals surface area contributed by atoms with Crippen molar-refractivity contribution in [3.8, 4) is 5.75 Å². The van der Waals surface area contributed by atoms with Gasteiger partial charge in [0.2, 0.25) is 0 Å². The molecule has 19 heavy (non-hydrogen) atoms. The lowest BCUT2D eigenvalue weighted by molar-refractivity contribution is 0.267. The predicted octanol–water partition coefficient (Wildman–Crippen LogP) is 1.86. The number of ether oxygens (including phenoxy) is 1. The summed E-state index contributed by atoms with van der Waals surface area (Å²) in [6, 6.07) is 7.02. The molecule has 1 atom stereocenters. The third-order valence-electron chi connectivity index (χ3n) is 3.07. The second kappa shape index (κ2) is 5.86. The number of aliphatic hydroxyl groups excluding tert-OH is 1. The van der Waals surface area contributed by atoms with Crippen molar-refractivity contribution < 1.29 is 14.4 Å². The molecule has 0 radical (unpaired) electrons. The van der Waals surface area contributed by atoms with Crippen LogP contribution in [-0.4, -0.2) is 16.9 Å². The first-order valence-corrected chi connectivity index (χ1v) is 6.12. The number of hydrogen-bond donors (Lipinski definition) is 2. The summed E-state index contributed by atoms with van der Waals surface area (Å²) < 4.78 is 10.8. The van der Waals surface area contributed by atoms with E-state index in [0.717, 1.165) is 28.3 Å². The van der Waals surface area contributed by atoms with Crippen LogP contribution < -0.4 is 10.5 Å². The number of benzene rings is 1. The average Bonchev–Trinajstić information content (AvgIpc) is 2.75. The molecule has 0 aliphatic rings. The van der Waals surface area contributed by atoms with Gasteiger partial charge in [0, 0.05) is 0 Å². The van der Waals surface area contributed by atoms with Gasteiger partial charge in [0.05, 0.1) is 23.9 Å². The highest BCUT2D eigenvalue weighted by molar-refractivity contribution is 5.30. The van der Waals surface area contributed by atoms with Crippen LogP contribution in [0.4, 0.5) is 0 Å². The van der Waals surface area contributed by atoms with Gasteiger partial charge in [-0.2, -0.15) is 0 Å². The highest BCUT2D eigenvalue weighted by atomic mass is 16.5. The SMILES string of the molecule is Cc1noc(C)c1COc1ccc([C@@H](N)CO)cc1. The maximum absolute atomic E-state index is 8.97. The normalized spacial score (nSPS) is 12.4. The Bertz CT molecular complexity index is 515. The van der Waals surface area contributed by atoms with E-state index in [1.54, 1.807) is 0 Å². The number of aryl methyl sites for hydroxylation is 2. The summed E-state index contributed by atoms with van der Waals surface area (Å²) >= 11 is 0. The highest BCUT2D eigenvalue weighted by Crippen LogP contribution is 2.19. The lowest BCUT2D eigenvalue weighted by Gasteiger charge is -2.10. The molecule has 3 N–H and O–H groups in total. The summed E-state index contributed by atoms with van der Waals surface area (Å²) in [6.07, 6.45) is 0. The van der Waals surface area contributed by atoms with E-state index in [1.165, 1.54) is 0 Å². The maximum atomic E-state index is 8.97. The number of nitrogens with zero attached hydrogens (tertiary/aromatic N) is 1.